The summed E-state index contributed by atoms with van der Waals surface area (Å²) in [5.74, 6) is -2.55. The Labute approximate surface area is 123 Å². The molecule has 5 heteroatoms. The van der Waals surface area contributed by atoms with Gasteiger partial charge in [-0.2, -0.15) is 0 Å². The van der Waals surface area contributed by atoms with E-state index in [9.17, 15) is 13.2 Å². The first-order chi connectivity index (χ1) is 9.95. The second kappa shape index (κ2) is 5.61. The lowest BCUT2D eigenvalue weighted by Gasteiger charge is -2.38. The molecule has 2 aliphatic rings. The molecule has 0 amide bonds. The Morgan fingerprint density at radius 1 is 1.10 bits per heavy atom. The zero-order valence-corrected chi connectivity index (χ0v) is 12.2. The minimum atomic E-state index is -1.15. The topological polar surface area (TPSA) is 29.3 Å². The van der Waals surface area contributed by atoms with Gasteiger partial charge in [0.25, 0.3) is 0 Å². The van der Waals surface area contributed by atoms with E-state index in [1.807, 2.05) is 0 Å². The molecule has 2 nitrogen and oxygen atoms in total. The van der Waals surface area contributed by atoms with Gasteiger partial charge >= 0.3 is 0 Å². The van der Waals surface area contributed by atoms with Gasteiger partial charge in [-0.3, -0.25) is 0 Å². The second-order valence-electron chi connectivity index (χ2n) is 6.51. The summed E-state index contributed by atoms with van der Waals surface area (Å²) in [5.41, 5.74) is 6.41. The van der Waals surface area contributed by atoms with E-state index in [0.717, 1.165) is 18.9 Å². The van der Waals surface area contributed by atoms with Crippen molar-refractivity contribution in [2.24, 2.45) is 11.7 Å². The Morgan fingerprint density at radius 3 is 2.29 bits per heavy atom. The molecule has 2 bridgehead atoms. The van der Waals surface area contributed by atoms with Crippen molar-refractivity contribution in [1.82, 2.24) is 4.90 Å². The number of rotatable bonds is 3. The van der Waals surface area contributed by atoms with E-state index in [2.05, 4.69) is 11.9 Å². The van der Waals surface area contributed by atoms with Crippen LogP contribution in [0.4, 0.5) is 13.2 Å². The summed E-state index contributed by atoms with van der Waals surface area (Å²) < 4.78 is 39.9. The van der Waals surface area contributed by atoms with Crippen molar-refractivity contribution in [1.29, 1.82) is 0 Å². The molecule has 2 fully saturated rings. The van der Waals surface area contributed by atoms with E-state index >= 15 is 0 Å². The molecule has 3 rings (SSSR count). The average molecular weight is 298 g/mol. The van der Waals surface area contributed by atoms with Gasteiger partial charge in [0.1, 0.15) is 5.82 Å². The first kappa shape index (κ1) is 14.9. The van der Waals surface area contributed by atoms with Crippen molar-refractivity contribution < 1.29 is 13.2 Å². The Bertz CT molecular complexity index is 520. The smallest absolute Gasteiger partial charge is 0.161 e. The summed E-state index contributed by atoms with van der Waals surface area (Å²) in [6.45, 7) is 0. The SMILES string of the molecule is CN1C2CCC1CC(C(N)Cc1cc(F)c(F)cc1F)C2. The molecule has 116 valence electrons. The van der Waals surface area contributed by atoms with E-state index < -0.39 is 17.5 Å². The quantitative estimate of drug-likeness (QED) is 0.870. The van der Waals surface area contributed by atoms with Gasteiger partial charge in [0.05, 0.1) is 0 Å². The normalized spacial score (nSPS) is 30.6. The number of benzene rings is 1. The first-order valence-electron chi connectivity index (χ1n) is 7.56. The summed E-state index contributed by atoms with van der Waals surface area (Å²) in [6, 6.07) is 2.47. The summed E-state index contributed by atoms with van der Waals surface area (Å²) in [5, 5.41) is 0. The number of hydrogen-bond acceptors (Lipinski definition) is 2. The van der Waals surface area contributed by atoms with Crippen LogP contribution in [0.15, 0.2) is 12.1 Å². The molecule has 1 aromatic rings. The Morgan fingerprint density at radius 2 is 1.67 bits per heavy atom. The van der Waals surface area contributed by atoms with E-state index in [1.54, 1.807) is 0 Å². The third-order valence-corrected chi connectivity index (χ3v) is 5.29. The second-order valence-corrected chi connectivity index (χ2v) is 6.51. The zero-order valence-electron chi connectivity index (χ0n) is 12.2. The molecule has 3 atom stereocenters. The predicted molar refractivity (Wildman–Crippen MR) is 75.3 cm³/mol. The van der Waals surface area contributed by atoms with Gasteiger partial charge in [0, 0.05) is 24.2 Å². The third kappa shape index (κ3) is 2.81. The fourth-order valence-electron chi connectivity index (χ4n) is 3.94. The minimum Gasteiger partial charge on any atom is -0.327 e. The maximum Gasteiger partial charge on any atom is 0.161 e. The van der Waals surface area contributed by atoms with Crippen LogP contribution in [-0.2, 0) is 6.42 Å². The van der Waals surface area contributed by atoms with E-state index in [1.165, 1.54) is 12.8 Å². The van der Waals surface area contributed by atoms with Crippen molar-refractivity contribution in [3.8, 4) is 0 Å². The van der Waals surface area contributed by atoms with Crippen LogP contribution in [0, 0.1) is 23.4 Å². The largest absolute Gasteiger partial charge is 0.327 e. The van der Waals surface area contributed by atoms with Crippen LogP contribution in [0.3, 0.4) is 0 Å². The lowest BCUT2D eigenvalue weighted by atomic mass is 9.83. The molecule has 3 unspecified atom stereocenters. The standard InChI is InChI=1S/C16H21F3N2/c1-21-11-2-3-12(21)5-10(4-11)16(20)7-9-6-14(18)15(19)8-13(9)17/h6,8,10-12,16H,2-5,7,20H2,1H3. The molecule has 0 saturated carbocycles. The minimum absolute atomic E-state index is 0.174. The molecule has 2 heterocycles. The highest BCUT2D eigenvalue weighted by Crippen LogP contribution is 2.38. The highest BCUT2D eigenvalue weighted by Gasteiger charge is 2.40. The Hall–Kier alpha value is -1.07. The van der Waals surface area contributed by atoms with E-state index in [0.29, 0.717) is 24.1 Å². The highest BCUT2D eigenvalue weighted by molar-refractivity contribution is 5.21. The van der Waals surface area contributed by atoms with Crippen LogP contribution in [-0.4, -0.2) is 30.1 Å². The molecule has 2 saturated heterocycles. The van der Waals surface area contributed by atoms with Crippen molar-refractivity contribution in [3.05, 3.63) is 35.1 Å². The van der Waals surface area contributed by atoms with Crippen LogP contribution in [0.1, 0.15) is 31.2 Å². The van der Waals surface area contributed by atoms with E-state index in [-0.39, 0.29) is 18.0 Å². The molecule has 2 N–H and O–H groups in total. The summed E-state index contributed by atoms with van der Waals surface area (Å²) >= 11 is 0. The zero-order chi connectivity index (χ0) is 15.1. The molecular formula is C16H21F3N2. The van der Waals surface area contributed by atoms with Crippen molar-refractivity contribution in [3.63, 3.8) is 0 Å². The number of piperidine rings is 1. The molecular weight excluding hydrogens is 277 g/mol. The number of fused-ring (bicyclic) bond motifs is 2. The van der Waals surface area contributed by atoms with Crippen molar-refractivity contribution in [2.45, 2.75) is 50.2 Å². The Kier molecular flexibility index (Phi) is 3.97. The first-order valence-corrected chi connectivity index (χ1v) is 7.56. The monoisotopic (exact) mass is 298 g/mol. The van der Waals surface area contributed by atoms with Gasteiger partial charge in [-0.05, 0) is 56.7 Å². The van der Waals surface area contributed by atoms with Gasteiger partial charge in [-0.1, -0.05) is 0 Å². The van der Waals surface area contributed by atoms with Gasteiger partial charge in [-0.15, -0.1) is 0 Å². The lowest BCUT2D eigenvalue weighted by molar-refractivity contribution is 0.120. The molecule has 0 radical (unpaired) electrons. The number of hydrogen-bond donors (Lipinski definition) is 1. The molecule has 21 heavy (non-hydrogen) atoms. The average Bonchev–Trinajstić information content (AvgIpc) is 2.65. The van der Waals surface area contributed by atoms with Gasteiger partial charge in [0.2, 0.25) is 0 Å². The van der Waals surface area contributed by atoms with Crippen LogP contribution in [0.5, 0.6) is 0 Å². The van der Waals surface area contributed by atoms with Crippen LogP contribution in [0.2, 0.25) is 0 Å². The Balaban J connectivity index is 1.70. The van der Waals surface area contributed by atoms with Gasteiger partial charge in [0.15, 0.2) is 11.6 Å². The van der Waals surface area contributed by atoms with Gasteiger partial charge < -0.3 is 10.6 Å². The molecule has 0 spiro atoms. The maximum atomic E-state index is 13.7. The fourth-order valence-corrected chi connectivity index (χ4v) is 3.94. The van der Waals surface area contributed by atoms with Crippen LogP contribution < -0.4 is 5.73 Å². The third-order valence-electron chi connectivity index (χ3n) is 5.29. The van der Waals surface area contributed by atoms with Crippen LogP contribution >= 0.6 is 0 Å². The highest BCUT2D eigenvalue weighted by atomic mass is 19.2. The summed E-state index contributed by atoms with van der Waals surface area (Å²) in [6.07, 6.45) is 4.68. The number of halogens is 3. The lowest BCUT2D eigenvalue weighted by Crippen LogP contribution is -2.46. The van der Waals surface area contributed by atoms with E-state index in [4.69, 9.17) is 5.73 Å². The predicted octanol–water partition coefficient (Wildman–Crippen LogP) is 2.85. The number of nitrogens with two attached hydrogens (primary N) is 1. The summed E-state index contributed by atoms with van der Waals surface area (Å²) in [7, 11) is 2.15. The van der Waals surface area contributed by atoms with Gasteiger partial charge in [-0.25, -0.2) is 13.2 Å². The maximum absolute atomic E-state index is 13.7. The fraction of sp³-hybridized carbons (Fsp3) is 0.625. The summed E-state index contributed by atoms with van der Waals surface area (Å²) in [4.78, 5) is 2.42. The molecule has 1 aromatic carbocycles. The van der Waals surface area contributed by atoms with Crippen LogP contribution in [0.25, 0.3) is 0 Å². The van der Waals surface area contributed by atoms with Crippen molar-refractivity contribution in [2.75, 3.05) is 7.05 Å². The molecule has 0 aliphatic carbocycles. The molecule has 2 aliphatic heterocycles. The number of nitrogens with zero attached hydrogens (tertiary/aromatic N) is 1. The van der Waals surface area contributed by atoms with Crippen molar-refractivity contribution >= 4 is 0 Å². The molecule has 0 aromatic heterocycles.